The summed E-state index contributed by atoms with van der Waals surface area (Å²) in [6.07, 6.45) is 1.75. The number of rotatable bonds is 4. The molecule has 6 heteroatoms. The summed E-state index contributed by atoms with van der Waals surface area (Å²) >= 11 is 0. The van der Waals surface area contributed by atoms with E-state index in [1.54, 1.807) is 50.7 Å². The number of fused-ring (bicyclic) bond motifs is 1. The van der Waals surface area contributed by atoms with Crippen LogP contribution in [0.15, 0.2) is 42.7 Å². The molecular weight excluding hydrogens is 306 g/mol. The van der Waals surface area contributed by atoms with Crippen molar-refractivity contribution in [3.8, 4) is 11.5 Å². The highest BCUT2D eigenvalue weighted by atomic mass is 16.5. The van der Waals surface area contributed by atoms with Crippen molar-refractivity contribution in [2.45, 2.75) is 0 Å². The van der Waals surface area contributed by atoms with Crippen LogP contribution >= 0.6 is 0 Å². The van der Waals surface area contributed by atoms with E-state index in [0.717, 1.165) is 16.7 Å². The van der Waals surface area contributed by atoms with E-state index in [9.17, 15) is 4.79 Å². The molecule has 2 aromatic carbocycles. The monoisotopic (exact) mass is 325 g/mol. The number of carbonyl (C=O) groups is 1. The maximum atomic E-state index is 12.8. The molecule has 3 aromatic rings. The van der Waals surface area contributed by atoms with Crippen molar-refractivity contribution >= 4 is 22.6 Å². The van der Waals surface area contributed by atoms with Crippen molar-refractivity contribution in [1.29, 1.82) is 0 Å². The van der Waals surface area contributed by atoms with Gasteiger partial charge < -0.3 is 18.9 Å². The number of anilines is 1. The molecule has 124 valence electrons. The van der Waals surface area contributed by atoms with Gasteiger partial charge in [0.05, 0.1) is 31.6 Å². The standard InChI is InChI=1S/C18H19N3O3/c1-20-11-19-16-9-13(5-6-17(16)20)21(2)18(22)12-7-14(23-3)10-15(8-12)24-4/h5-11H,1-4H3. The first-order valence-electron chi connectivity index (χ1n) is 7.45. The van der Waals surface area contributed by atoms with E-state index in [4.69, 9.17) is 9.47 Å². The summed E-state index contributed by atoms with van der Waals surface area (Å²) in [6, 6.07) is 10.9. The molecule has 0 spiro atoms. The van der Waals surface area contributed by atoms with Gasteiger partial charge in [-0.2, -0.15) is 0 Å². The highest BCUT2D eigenvalue weighted by molar-refractivity contribution is 6.06. The Bertz CT molecular complexity index is 879. The SMILES string of the molecule is COc1cc(OC)cc(C(=O)N(C)c2ccc3c(c2)ncn3C)c1. The predicted octanol–water partition coefficient (Wildman–Crippen LogP) is 2.87. The van der Waals surface area contributed by atoms with Crippen LogP contribution in [0.2, 0.25) is 0 Å². The first-order valence-corrected chi connectivity index (χ1v) is 7.45. The minimum absolute atomic E-state index is 0.150. The number of hydrogen-bond acceptors (Lipinski definition) is 4. The van der Waals surface area contributed by atoms with Crippen LogP contribution in [0.5, 0.6) is 11.5 Å². The Morgan fingerprint density at radius 3 is 2.38 bits per heavy atom. The topological polar surface area (TPSA) is 56.6 Å². The summed E-state index contributed by atoms with van der Waals surface area (Å²) in [7, 11) is 6.79. The van der Waals surface area contributed by atoms with Gasteiger partial charge in [-0.05, 0) is 30.3 Å². The fourth-order valence-corrected chi connectivity index (χ4v) is 2.57. The van der Waals surface area contributed by atoms with Gasteiger partial charge in [-0.3, -0.25) is 4.79 Å². The van der Waals surface area contributed by atoms with Crippen LogP contribution in [0.25, 0.3) is 11.0 Å². The van der Waals surface area contributed by atoms with Gasteiger partial charge in [0.25, 0.3) is 5.91 Å². The molecule has 0 unspecified atom stereocenters. The molecule has 0 aliphatic rings. The van der Waals surface area contributed by atoms with Crippen molar-refractivity contribution in [2.24, 2.45) is 7.05 Å². The Kier molecular flexibility index (Phi) is 4.12. The third-order valence-corrected chi connectivity index (χ3v) is 4.00. The summed E-state index contributed by atoms with van der Waals surface area (Å²) in [5.74, 6) is 1.00. The van der Waals surface area contributed by atoms with Crippen molar-refractivity contribution < 1.29 is 14.3 Å². The fraction of sp³-hybridized carbons (Fsp3) is 0.222. The normalized spacial score (nSPS) is 10.7. The third kappa shape index (κ3) is 2.78. The Balaban J connectivity index is 1.95. The van der Waals surface area contributed by atoms with E-state index < -0.39 is 0 Å². The minimum atomic E-state index is -0.150. The first-order chi connectivity index (χ1) is 11.5. The molecule has 0 bridgehead atoms. The van der Waals surface area contributed by atoms with Gasteiger partial charge in [0.15, 0.2) is 0 Å². The highest BCUT2D eigenvalue weighted by Crippen LogP contribution is 2.26. The molecule has 1 aromatic heterocycles. The average molecular weight is 325 g/mol. The van der Waals surface area contributed by atoms with Crippen LogP contribution in [-0.2, 0) is 7.05 Å². The zero-order chi connectivity index (χ0) is 17.3. The first kappa shape index (κ1) is 15.9. The fourth-order valence-electron chi connectivity index (χ4n) is 2.57. The number of aryl methyl sites for hydroxylation is 1. The van der Waals surface area contributed by atoms with Crippen molar-refractivity contribution in [3.05, 3.63) is 48.3 Å². The van der Waals surface area contributed by atoms with Gasteiger partial charge in [0.1, 0.15) is 11.5 Å². The maximum absolute atomic E-state index is 12.8. The molecule has 1 amide bonds. The van der Waals surface area contributed by atoms with Crippen LogP contribution in [0.1, 0.15) is 10.4 Å². The van der Waals surface area contributed by atoms with Crippen LogP contribution in [0, 0.1) is 0 Å². The number of carbonyl (C=O) groups excluding carboxylic acids is 1. The lowest BCUT2D eigenvalue weighted by Gasteiger charge is -2.18. The van der Waals surface area contributed by atoms with E-state index in [2.05, 4.69) is 4.98 Å². The Morgan fingerprint density at radius 2 is 1.75 bits per heavy atom. The predicted molar refractivity (Wildman–Crippen MR) is 93.0 cm³/mol. The quantitative estimate of drug-likeness (QED) is 0.740. The molecule has 0 radical (unpaired) electrons. The van der Waals surface area contributed by atoms with E-state index in [0.29, 0.717) is 17.1 Å². The summed E-state index contributed by atoms with van der Waals surface area (Å²) in [5, 5.41) is 0. The molecule has 0 saturated carbocycles. The maximum Gasteiger partial charge on any atom is 0.258 e. The summed E-state index contributed by atoms with van der Waals surface area (Å²) in [5.41, 5.74) is 3.13. The van der Waals surface area contributed by atoms with Gasteiger partial charge in [0, 0.05) is 31.4 Å². The zero-order valence-electron chi connectivity index (χ0n) is 14.1. The van der Waals surface area contributed by atoms with Crippen LogP contribution in [0.4, 0.5) is 5.69 Å². The molecule has 1 heterocycles. The van der Waals surface area contributed by atoms with Crippen LogP contribution in [-0.4, -0.2) is 36.7 Å². The third-order valence-electron chi connectivity index (χ3n) is 4.00. The van der Waals surface area contributed by atoms with Gasteiger partial charge in [-0.1, -0.05) is 0 Å². The number of ether oxygens (including phenoxy) is 2. The molecule has 6 nitrogen and oxygen atoms in total. The zero-order valence-corrected chi connectivity index (χ0v) is 14.1. The Morgan fingerprint density at radius 1 is 1.08 bits per heavy atom. The Labute approximate surface area is 140 Å². The lowest BCUT2D eigenvalue weighted by molar-refractivity contribution is 0.0992. The lowest BCUT2D eigenvalue weighted by atomic mass is 10.1. The molecular formula is C18H19N3O3. The number of aromatic nitrogens is 2. The number of nitrogens with zero attached hydrogens (tertiary/aromatic N) is 3. The largest absolute Gasteiger partial charge is 0.497 e. The smallest absolute Gasteiger partial charge is 0.258 e. The number of amides is 1. The molecule has 0 aliphatic heterocycles. The number of hydrogen-bond donors (Lipinski definition) is 0. The summed E-state index contributed by atoms with van der Waals surface area (Å²) in [6.45, 7) is 0. The van der Waals surface area contributed by atoms with Crippen LogP contribution < -0.4 is 14.4 Å². The molecule has 3 rings (SSSR count). The molecule has 0 saturated heterocycles. The molecule has 0 N–H and O–H groups in total. The minimum Gasteiger partial charge on any atom is -0.497 e. The van der Waals surface area contributed by atoms with Gasteiger partial charge >= 0.3 is 0 Å². The summed E-state index contributed by atoms with van der Waals surface area (Å²) < 4.78 is 12.4. The van der Waals surface area contributed by atoms with Gasteiger partial charge in [-0.15, -0.1) is 0 Å². The summed E-state index contributed by atoms with van der Waals surface area (Å²) in [4.78, 5) is 18.7. The van der Waals surface area contributed by atoms with E-state index in [1.807, 2.05) is 29.8 Å². The van der Waals surface area contributed by atoms with Crippen molar-refractivity contribution in [1.82, 2.24) is 9.55 Å². The van der Waals surface area contributed by atoms with Crippen molar-refractivity contribution in [3.63, 3.8) is 0 Å². The molecule has 0 atom stereocenters. The van der Waals surface area contributed by atoms with Crippen LogP contribution in [0.3, 0.4) is 0 Å². The van der Waals surface area contributed by atoms with E-state index >= 15 is 0 Å². The lowest BCUT2D eigenvalue weighted by Crippen LogP contribution is -2.26. The average Bonchev–Trinajstić information content (AvgIpc) is 3.00. The van der Waals surface area contributed by atoms with Gasteiger partial charge in [0.2, 0.25) is 0 Å². The highest BCUT2D eigenvalue weighted by Gasteiger charge is 2.16. The molecule has 0 aliphatic carbocycles. The second-order valence-electron chi connectivity index (χ2n) is 5.49. The molecule has 0 fully saturated rings. The Hall–Kier alpha value is -3.02. The van der Waals surface area contributed by atoms with Crippen molar-refractivity contribution in [2.75, 3.05) is 26.2 Å². The van der Waals surface area contributed by atoms with Gasteiger partial charge in [-0.25, -0.2) is 4.98 Å². The second kappa shape index (κ2) is 6.23. The van der Waals surface area contributed by atoms with E-state index in [-0.39, 0.29) is 5.91 Å². The molecule has 24 heavy (non-hydrogen) atoms. The second-order valence-corrected chi connectivity index (χ2v) is 5.49. The number of imidazole rings is 1. The number of methoxy groups -OCH3 is 2. The van der Waals surface area contributed by atoms with E-state index in [1.165, 1.54) is 0 Å². The number of benzene rings is 2.